The van der Waals surface area contributed by atoms with Crippen molar-refractivity contribution >= 4 is 0 Å². The molecule has 0 atom stereocenters. The van der Waals surface area contributed by atoms with Crippen molar-refractivity contribution in [2.24, 2.45) is 0 Å². The van der Waals surface area contributed by atoms with Gasteiger partial charge in [-0.3, -0.25) is 0 Å². The Morgan fingerprint density at radius 3 is 0.861 bits per heavy atom. The summed E-state index contributed by atoms with van der Waals surface area (Å²) >= 11 is -4.71. The van der Waals surface area contributed by atoms with Gasteiger partial charge in [0, 0.05) is 0 Å². The Labute approximate surface area is 229 Å². The maximum atomic E-state index is 14.4. The zero-order valence-electron chi connectivity index (χ0n) is 25.9. The Morgan fingerprint density at radius 2 is 0.639 bits per heavy atom. The fourth-order valence-corrected chi connectivity index (χ4v) is 11.5. The van der Waals surface area contributed by atoms with Crippen LogP contribution in [0.3, 0.4) is 0 Å². The molecule has 0 unspecified atom stereocenters. The van der Waals surface area contributed by atoms with Crippen LogP contribution in [-0.4, -0.2) is 13.2 Å². The molecule has 0 aromatic rings. The molecule has 0 spiro atoms. The summed E-state index contributed by atoms with van der Waals surface area (Å²) in [7, 11) is 0. The van der Waals surface area contributed by atoms with Crippen molar-refractivity contribution in [2.45, 2.75) is 191 Å². The van der Waals surface area contributed by atoms with Gasteiger partial charge in [-0.1, -0.05) is 26.7 Å². The van der Waals surface area contributed by atoms with E-state index in [0.29, 0.717) is 13.2 Å². The van der Waals surface area contributed by atoms with Crippen LogP contribution in [0.1, 0.15) is 183 Å². The first kappa shape index (κ1) is 36.4. The predicted molar refractivity (Wildman–Crippen MR) is 156 cm³/mol. The molecule has 0 aliphatic heterocycles. The van der Waals surface area contributed by atoms with Crippen LogP contribution >= 0.6 is 0 Å². The molecule has 0 saturated carbocycles. The van der Waals surface area contributed by atoms with E-state index < -0.39 is 16.1 Å². The first-order chi connectivity index (χ1) is 17.3. The number of hydrogen-bond acceptors (Lipinski definition) is 3. The van der Waals surface area contributed by atoms with Crippen molar-refractivity contribution in [1.82, 2.24) is 0 Å². The number of unbranched alkanes of at least 4 members (excludes halogenated alkanes) is 20. The molecular formula is C32H68O3Ti. The van der Waals surface area contributed by atoms with Crippen LogP contribution < -0.4 is 0 Å². The third-order valence-corrected chi connectivity index (χ3v) is 17.3. The monoisotopic (exact) mass is 548 g/mol. The van der Waals surface area contributed by atoms with Crippen molar-refractivity contribution in [3.8, 4) is 0 Å². The van der Waals surface area contributed by atoms with Gasteiger partial charge in [-0.05, 0) is 0 Å². The van der Waals surface area contributed by atoms with Gasteiger partial charge in [0.1, 0.15) is 0 Å². The van der Waals surface area contributed by atoms with E-state index in [1.807, 2.05) is 27.7 Å². The van der Waals surface area contributed by atoms with E-state index in [4.69, 9.17) is 6.64 Å². The van der Waals surface area contributed by atoms with E-state index in [2.05, 4.69) is 13.8 Å². The molecule has 0 aromatic carbocycles. The molecular weight excluding hydrogens is 480 g/mol. The van der Waals surface area contributed by atoms with Gasteiger partial charge in [0.05, 0.1) is 0 Å². The third-order valence-electron chi connectivity index (χ3n) is 8.35. The molecule has 0 aromatic heterocycles. The van der Waals surface area contributed by atoms with Crippen molar-refractivity contribution in [1.29, 1.82) is 0 Å². The van der Waals surface area contributed by atoms with Crippen LogP contribution in [0.2, 0.25) is 8.45 Å². The summed E-state index contributed by atoms with van der Waals surface area (Å²) in [5.41, 5.74) is 0. The zero-order valence-corrected chi connectivity index (χ0v) is 27.4. The Kier molecular flexibility index (Phi) is 23.6. The van der Waals surface area contributed by atoms with Crippen LogP contribution in [0.25, 0.3) is 0 Å². The molecule has 0 rings (SSSR count). The van der Waals surface area contributed by atoms with E-state index in [1.54, 1.807) is 0 Å². The quantitative estimate of drug-likeness (QED) is 0.0720. The summed E-state index contributed by atoms with van der Waals surface area (Å²) in [6.07, 6.45) is 28.9. The summed E-state index contributed by atoms with van der Waals surface area (Å²) in [6.45, 7) is 13.9. The molecule has 36 heavy (non-hydrogen) atoms. The van der Waals surface area contributed by atoms with Gasteiger partial charge in [0.25, 0.3) is 0 Å². The SMILES string of the molecule is CCCCCCCCCCCCCC[O][Ti](=[O])([O]CCCCCCCCCCCC)([CH](C)C)[CH](C)C. The van der Waals surface area contributed by atoms with E-state index in [9.17, 15) is 3.32 Å². The van der Waals surface area contributed by atoms with E-state index >= 15 is 0 Å². The molecule has 3 nitrogen and oxygen atoms in total. The van der Waals surface area contributed by atoms with Gasteiger partial charge < -0.3 is 0 Å². The maximum absolute atomic E-state index is 14.4. The first-order valence-corrected chi connectivity index (χ1v) is 20.2. The van der Waals surface area contributed by atoms with Crippen molar-refractivity contribution in [3.63, 3.8) is 0 Å². The van der Waals surface area contributed by atoms with Gasteiger partial charge in [-0.15, -0.1) is 0 Å². The van der Waals surface area contributed by atoms with Gasteiger partial charge >= 0.3 is 204 Å². The summed E-state index contributed by atoms with van der Waals surface area (Å²) < 4.78 is 27.0. The molecule has 0 heterocycles. The summed E-state index contributed by atoms with van der Waals surface area (Å²) in [4.78, 5) is 0. The standard InChI is InChI=1S/C14H29O.C12H25O.2C3H7.O.Ti/c1-2-3-4-5-6-7-8-9-10-11-12-13-14-15;1-2-3-4-5-6-7-8-9-10-11-12-13;2*1-3-2;;/h2-14H2,1H3;2-12H2,1H3;2*3H,1-2H3;;/q2*-1;;;;+2. The van der Waals surface area contributed by atoms with Crippen molar-refractivity contribution < 1.29 is 26.0 Å². The predicted octanol–water partition coefficient (Wildman–Crippen LogP) is 12.2. The first-order valence-electron chi connectivity index (χ1n) is 16.5. The van der Waals surface area contributed by atoms with Crippen LogP contribution in [0.15, 0.2) is 0 Å². The second kappa shape index (κ2) is 23.3. The molecule has 0 aliphatic carbocycles. The van der Waals surface area contributed by atoms with Gasteiger partial charge in [0.15, 0.2) is 0 Å². The van der Waals surface area contributed by atoms with E-state index in [-0.39, 0.29) is 8.45 Å². The van der Waals surface area contributed by atoms with Crippen molar-refractivity contribution in [2.75, 3.05) is 13.2 Å². The number of hydrogen-bond donors (Lipinski definition) is 0. The average Bonchev–Trinajstić information content (AvgIpc) is 2.85. The third kappa shape index (κ3) is 16.4. The molecule has 0 saturated heterocycles. The number of rotatable bonds is 28. The summed E-state index contributed by atoms with van der Waals surface area (Å²) in [5.74, 6) is 0. The van der Waals surface area contributed by atoms with Gasteiger partial charge in [-0.2, -0.15) is 0 Å². The summed E-state index contributed by atoms with van der Waals surface area (Å²) in [5, 5.41) is 0. The van der Waals surface area contributed by atoms with Gasteiger partial charge in [-0.25, -0.2) is 0 Å². The van der Waals surface area contributed by atoms with Gasteiger partial charge in [0.2, 0.25) is 0 Å². The molecule has 0 aliphatic rings. The second-order valence-corrected chi connectivity index (χ2v) is 20.2. The molecule has 0 fully saturated rings. The average molecular weight is 549 g/mol. The fourth-order valence-electron chi connectivity index (χ4n) is 5.45. The van der Waals surface area contributed by atoms with Crippen LogP contribution in [0.5, 0.6) is 0 Å². The Bertz CT molecular complexity index is 517. The van der Waals surface area contributed by atoms with Crippen LogP contribution in [-0.2, 0) is 26.0 Å². The molecule has 0 radical (unpaired) electrons. The van der Waals surface area contributed by atoms with E-state index in [1.165, 1.54) is 128 Å². The van der Waals surface area contributed by atoms with E-state index in [0.717, 1.165) is 12.8 Å². The minimum absolute atomic E-state index is 0.0394. The molecule has 0 N–H and O–H groups in total. The Morgan fingerprint density at radius 1 is 0.417 bits per heavy atom. The normalized spacial score (nSPS) is 12.8. The molecule has 4 heteroatoms. The molecule has 218 valence electrons. The topological polar surface area (TPSA) is 35.5 Å². The van der Waals surface area contributed by atoms with Crippen molar-refractivity contribution in [3.05, 3.63) is 0 Å². The Hall–Kier alpha value is 0.434. The fraction of sp³-hybridized carbons (Fsp3) is 1.00. The molecule has 0 bridgehead atoms. The second-order valence-electron chi connectivity index (χ2n) is 12.2. The molecule has 0 amide bonds. The van der Waals surface area contributed by atoms with Crippen LogP contribution in [0, 0.1) is 0 Å². The zero-order chi connectivity index (χ0) is 27.0. The summed E-state index contributed by atoms with van der Waals surface area (Å²) in [6, 6.07) is 0. The Balaban J connectivity index is 4.09. The van der Waals surface area contributed by atoms with Crippen LogP contribution in [0.4, 0.5) is 0 Å². The minimum atomic E-state index is -4.71.